The molecule has 3 rings (SSSR count). The lowest BCUT2D eigenvalue weighted by Crippen LogP contribution is -2.41. The zero-order valence-corrected chi connectivity index (χ0v) is 12.0. The molecule has 0 radical (unpaired) electrons. The first-order valence-electron chi connectivity index (χ1n) is 6.63. The molecule has 1 aliphatic heterocycles. The van der Waals surface area contributed by atoms with Crippen molar-refractivity contribution in [2.45, 2.75) is 25.4 Å². The molecule has 5 heteroatoms. The summed E-state index contributed by atoms with van der Waals surface area (Å²) in [5.41, 5.74) is 4.79. The molecular weight excluding hydrogens is 272 g/mol. The Morgan fingerprint density at radius 2 is 2.30 bits per heavy atom. The number of hydrogen-bond donors (Lipinski definition) is 1. The van der Waals surface area contributed by atoms with Gasteiger partial charge in [0.1, 0.15) is 6.04 Å². The summed E-state index contributed by atoms with van der Waals surface area (Å²) in [7, 11) is 0. The lowest BCUT2D eigenvalue weighted by molar-refractivity contribution is -0.145. The molecule has 1 N–H and O–H groups in total. The highest BCUT2D eigenvalue weighted by atomic mass is 32.1. The summed E-state index contributed by atoms with van der Waals surface area (Å²) in [6.45, 7) is 2.77. The van der Waals surface area contributed by atoms with E-state index in [1.54, 1.807) is 16.8 Å². The van der Waals surface area contributed by atoms with Gasteiger partial charge in [0, 0.05) is 11.9 Å². The van der Waals surface area contributed by atoms with E-state index >= 15 is 0 Å². The molecule has 0 aliphatic carbocycles. The van der Waals surface area contributed by atoms with Crippen molar-refractivity contribution in [1.29, 1.82) is 0 Å². The number of rotatable bonds is 3. The fraction of sp³-hybridized carbons (Fsp3) is 0.333. The van der Waals surface area contributed by atoms with Gasteiger partial charge in [0.15, 0.2) is 0 Å². The molecular formula is C15H16N2O2S. The monoisotopic (exact) mass is 288 g/mol. The number of carboxylic acids is 1. The molecule has 1 aromatic carbocycles. The van der Waals surface area contributed by atoms with E-state index in [0.717, 1.165) is 29.8 Å². The van der Waals surface area contributed by atoms with Gasteiger partial charge >= 0.3 is 5.97 Å². The number of thiazole rings is 1. The number of hydrogen-bond acceptors (Lipinski definition) is 4. The van der Waals surface area contributed by atoms with E-state index in [9.17, 15) is 9.90 Å². The highest BCUT2D eigenvalue weighted by Gasteiger charge is 2.36. The zero-order chi connectivity index (χ0) is 14.1. The molecule has 1 aromatic heterocycles. The maximum atomic E-state index is 11.7. The van der Waals surface area contributed by atoms with Crippen molar-refractivity contribution >= 4 is 17.3 Å². The number of nitrogens with zero attached hydrogens (tertiary/aromatic N) is 2. The Labute approximate surface area is 121 Å². The van der Waals surface area contributed by atoms with Crippen LogP contribution in [0.3, 0.4) is 0 Å². The average molecular weight is 288 g/mol. The van der Waals surface area contributed by atoms with Crippen molar-refractivity contribution in [2.75, 3.05) is 6.54 Å². The van der Waals surface area contributed by atoms with Gasteiger partial charge in [-0.3, -0.25) is 9.69 Å². The van der Waals surface area contributed by atoms with Crippen LogP contribution in [-0.2, 0) is 11.2 Å². The van der Waals surface area contributed by atoms with Crippen LogP contribution >= 0.6 is 11.3 Å². The molecule has 104 valence electrons. The van der Waals surface area contributed by atoms with Crippen LogP contribution in [0.25, 0.3) is 0 Å². The summed E-state index contributed by atoms with van der Waals surface area (Å²) in [6.07, 6.45) is 0.883. The predicted molar refractivity (Wildman–Crippen MR) is 77.8 cm³/mol. The van der Waals surface area contributed by atoms with Crippen LogP contribution in [0.4, 0.5) is 0 Å². The summed E-state index contributed by atoms with van der Waals surface area (Å²) in [5.74, 6) is -0.792. The maximum Gasteiger partial charge on any atom is 0.325 e. The molecule has 2 atom stereocenters. The molecule has 0 bridgehead atoms. The number of carbonyl (C=O) groups is 1. The third kappa shape index (κ3) is 2.23. The molecule has 0 spiro atoms. The van der Waals surface area contributed by atoms with Crippen LogP contribution < -0.4 is 0 Å². The first-order valence-corrected chi connectivity index (χ1v) is 7.57. The Morgan fingerprint density at radius 3 is 3.00 bits per heavy atom. The Hall–Kier alpha value is -1.72. The molecule has 4 nitrogen and oxygen atoms in total. The second-order valence-corrected chi connectivity index (χ2v) is 5.74. The number of benzene rings is 1. The topological polar surface area (TPSA) is 53.4 Å². The van der Waals surface area contributed by atoms with E-state index in [-0.39, 0.29) is 6.04 Å². The van der Waals surface area contributed by atoms with Gasteiger partial charge in [-0.15, -0.1) is 11.3 Å². The van der Waals surface area contributed by atoms with Crippen LogP contribution in [0.1, 0.15) is 35.8 Å². The minimum Gasteiger partial charge on any atom is -0.480 e. The van der Waals surface area contributed by atoms with Crippen molar-refractivity contribution in [1.82, 2.24) is 9.88 Å². The zero-order valence-electron chi connectivity index (χ0n) is 11.2. The maximum absolute atomic E-state index is 11.7. The molecule has 0 amide bonds. The van der Waals surface area contributed by atoms with Gasteiger partial charge in [-0.2, -0.15) is 0 Å². The Bertz CT molecular complexity index is 612. The Kier molecular flexibility index (Phi) is 3.54. The highest BCUT2D eigenvalue weighted by molar-refractivity contribution is 7.07. The highest BCUT2D eigenvalue weighted by Crippen LogP contribution is 2.36. The van der Waals surface area contributed by atoms with Gasteiger partial charge in [0.05, 0.1) is 17.2 Å². The molecule has 2 unspecified atom stereocenters. The van der Waals surface area contributed by atoms with Crippen molar-refractivity contribution in [3.05, 3.63) is 52.0 Å². The molecule has 0 saturated carbocycles. The third-order valence-electron chi connectivity index (χ3n) is 3.93. The molecule has 1 aliphatic rings. The van der Waals surface area contributed by atoms with E-state index in [1.165, 1.54) is 0 Å². The van der Waals surface area contributed by atoms with Crippen molar-refractivity contribution in [3.63, 3.8) is 0 Å². The van der Waals surface area contributed by atoms with Gasteiger partial charge in [0.25, 0.3) is 0 Å². The van der Waals surface area contributed by atoms with Crippen LogP contribution in [0, 0.1) is 0 Å². The summed E-state index contributed by atoms with van der Waals surface area (Å²) in [6, 6.07) is 7.25. The summed E-state index contributed by atoms with van der Waals surface area (Å²) < 4.78 is 0. The minimum absolute atomic E-state index is 0.00991. The van der Waals surface area contributed by atoms with Crippen LogP contribution in [-0.4, -0.2) is 27.5 Å². The third-order valence-corrected chi connectivity index (χ3v) is 4.54. The summed E-state index contributed by atoms with van der Waals surface area (Å²) in [5, 5.41) is 11.6. The SMILES string of the molecule is CC(c1cscn1)N1CCc2ccccc2C1C(=O)O. The lowest BCUT2D eigenvalue weighted by Gasteiger charge is -2.38. The van der Waals surface area contributed by atoms with Crippen molar-refractivity contribution < 1.29 is 9.90 Å². The summed E-state index contributed by atoms with van der Waals surface area (Å²) >= 11 is 1.54. The number of aromatic nitrogens is 1. The van der Waals surface area contributed by atoms with E-state index < -0.39 is 12.0 Å². The first kappa shape index (κ1) is 13.3. The average Bonchev–Trinajstić information content (AvgIpc) is 2.99. The van der Waals surface area contributed by atoms with Crippen molar-refractivity contribution in [3.8, 4) is 0 Å². The van der Waals surface area contributed by atoms with Crippen LogP contribution in [0.5, 0.6) is 0 Å². The fourth-order valence-electron chi connectivity index (χ4n) is 2.88. The van der Waals surface area contributed by atoms with Gasteiger partial charge in [-0.25, -0.2) is 4.98 Å². The number of aliphatic carboxylic acids is 1. The minimum atomic E-state index is -0.792. The molecule has 2 aromatic rings. The van der Waals surface area contributed by atoms with Gasteiger partial charge in [-0.05, 0) is 24.5 Å². The molecule has 20 heavy (non-hydrogen) atoms. The standard InChI is InChI=1S/C15H16N2O2S/c1-10(13-8-20-9-16-13)17-7-6-11-4-2-3-5-12(11)14(17)15(18)19/h2-5,8-10,14H,6-7H2,1H3,(H,18,19). The van der Waals surface area contributed by atoms with E-state index in [0.29, 0.717) is 0 Å². The lowest BCUT2D eigenvalue weighted by atomic mass is 9.91. The second-order valence-electron chi connectivity index (χ2n) is 5.02. The quantitative estimate of drug-likeness (QED) is 0.943. The van der Waals surface area contributed by atoms with E-state index in [1.807, 2.05) is 41.5 Å². The van der Waals surface area contributed by atoms with E-state index in [2.05, 4.69) is 4.98 Å². The van der Waals surface area contributed by atoms with Crippen LogP contribution in [0.2, 0.25) is 0 Å². The molecule has 0 fully saturated rings. The molecule has 0 saturated heterocycles. The Morgan fingerprint density at radius 1 is 1.50 bits per heavy atom. The van der Waals surface area contributed by atoms with Gasteiger partial charge in [-0.1, -0.05) is 24.3 Å². The largest absolute Gasteiger partial charge is 0.480 e. The summed E-state index contributed by atoms with van der Waals surface area (Å²) in [4.78, 5) is 18.1. The number of carboxylic acid groups (broad SMARTS) is 1. The van der Waals surface area contributed by atoms with Gasteiger partial charge < -0.3 is 5.11 Å². The van der Waals surface area contributed by atoms with Gasteiger partial charge in [0.2, 0.25) is 0 Å². The Balaban J connectivity index is 1.98. The smallest absolute Gasteiger partial charge is 0.325 e. The van der Waals surface area contributed by atoms with E-state index in [4.69, 9.17) is 0 Å². The fourth-order valence-corrected chi connectivity index (χ4v) is 3.52. The predicted octanol–water partition coefficient (Wildman–Crippen LogP) is 2.89. The van der Waals surface area contributed by atoms with Crippen LogP contribution in [0.15, 0.2) is 35.2 Å². The first-order chi connectivity index (χ1) is 9.68. The molecule has 2 heterocycles. The second kappa shape index (κ2) is 5.34. The normalized spacial score (nSPS) is 20.4. The number of fused-ring (bicyclic) bond motifs is 1. The van der Waals surface area contributed by atoms with Crippen molar-refractivity contribution in [2.24, 2.45) is 0 Å².